The highest BCUT2D eigenvalue weighted by molar-refractivity contribution is 7.93. The molecule has 1 N–H and O–H groups in total. The average Bonchev–Trinajstić information content (AvgIpc) is 3.39. The normalized spacial score (nSPS) is 16.0. The van der Waals surface area contributed by atoms with Crippen molar-refractivity contribution in [2.45, 2.75) is 24.9 Å². The molecule has 4 aromatic carbocycles. The molecule has 1 unspecified atom stereocenters. The van der Waals surface area contributed by atoms with Crippen LogP contribution in [0.4, 0.5) is 13.2 Å². The Morgan fingerprint density at radius 1 is 0.952 bits per heavy atom. The Morgan fingerprint density at radius 3 is 2.45 bits per heavy atom. The van der Waals surface area contributed by atoms with Gasteiger partial charge in [-0.05, 0) is 77.1 Å². The molecule has 0 amide bonds. The molecule has 1 aliphatic heterocycles. The summed E-state index contributed by atoms with van der Waals surface area (Å²) in [5.41, 5.74) is 6.11. The predicted octanol–water partition coefficient (Wildman–Crippen LogP) is 7.43. The summed E-state index contributed by atoms with van der Waals surface area (Å²) in [6.45, 7) is 2.72. The zero-order valence-corrected chi connectivity index (χ0v) is 23.6. The number of hydrogen-bond donors (Lipinski definition) is 1. The van der Waals surface area contributed by atoms with E-state index >= 15 is 0 Å². The quantitative estimate of drug-likeness (QED) is 0.124. The highest BCUT2D eigenvalue weighted by atomic mass is 32.2. The first-order valence-corrected chi connectivity index (χ1v) is 14.2. The number of halogens is 3. The Bertz CT molecular complexity index is 1560. The van der Waals surface area contributed by atoms with E-state index in [0.29, 0.717) is 24.5 Å². The van der Waals surface area contributed by atoms with Crippen molar-refractivity contribution in [3.63, 3.8) is 0 Å². The van der Waals surface area contributed by atoms with Crippen LogP contribution in [0.5, 0.6) is 11.5 Å². The summed E-state index contributed by atoms with van der Waals surface area (Å²) < 4.78 is 52.5. The van der Waals surface area contributed by atoms with E-state index in [1.54, 1.807) is 25.1 Å². The molecule has 1 heterocycles. The number of carbonyl (C=O) groups excluding carboxylic acids is 1. The standard InChI is InChI=1S/C32H29F3N3O3S/c1-2-40-31(39)26-13-6-11-24(19-26)22-38-37(18-17-23-9-4-3-5-10-23)36-30(42-38)25-12-7-15-28(20-25)41-29-16-8-14-27(21-29)32(33,34)35/h3-16,19-22,30,36H,2,17-18H2,1H3/q+1. The fourth-order valence-electron chi connectivity index (χ4n) is 4.36. The minimum atomic E-state index is -4.45. The molecule has 42 heavy (non-hydrogen) atoms. The number of ether oxygens (including phenoxy) is 2. The van der Waals surface area contributed by atoms with Gasteiger partial charge < -0.3 is 9.47 Å². The molecule has 0 aromatic heterocycles. The van der Waals surface area contributed by atoms with E-state index in [0.717, 1.165) is 29.7 Å². The SMILES string of the molecule is CCOC(=O)c1cccc(C=[N+]2SC(c3cccc(Oc4cccc(C(F)(F)F)c4)c3)NN2CCc2ccccc2)c1. The molecule has 1 atom stereocenters. The van der Waals surface area contributed by atoms with Crippen LogP contribution in [-0.2, 0) is 17.3 Å². The number of hydrazine groups is 2. The third-order valence-electron chi connectivity index (χ3n) is 6.39. The Morgan fingerprint density at radius 2 is 1.69 bits per heavy atom. The van der Waals surface area contributed by atoms with E-state index in [9.17, 15) is 18.0 Å². The first-order chi connectivity index (χ1) is 20.3. The van der Waals surface area contributed by atoms with Crippen LogP contribution in [0.25, 0.3) is 0 Å². The smallest absolute Gasteiger partial charge is 0.416 e. The maximum atomic E-state index is 13.2. The van der Waals surface area contributed by atoms with Crippen LogP contribution >= 0.6 is 11.9 Å². The van der Waals surface area contributed by atoms with Crippen molar-refractivity contribution in [3.05, 3.63) is 131 Å². The zero-order chi connectivity index (χ0) is 29.5. The van der Waals surface area contributed by atoms with Crippen LogP contribution in [0, 0.1) is 0 Å². The fourth-order valence-corrected chi connectivity index (χ4v) is 5.44. The molecule has 5 rings (SSSR count). The van der Waals surface area contributed by atoms with Gasteiger partial charge in [0.05, 0.1) is 24.3 Å². The van der Waals surface area contributed by atoms with Crippen LogP contribution in [0.15, 0.2) is 103 Å². The maximum Gasteiger partial charge on any atom is 0.416 e. The molecule has 1 saturated heterocycles. The van der Waals surface area contributed by atoms with Gasteiger partial charge in [0.25, 0.3) is 0 Å². The summed E-state index contributed by atoms with van der Waals surface area (Å²) in [5.74, 6) is 0.154. The van der Waals surface area contributed by atoms with E-state index in [-0.39, 0.29) is 17.1 Å². The predicted molar refractivity (Wildman–Crippen MR) is 156 cm³/mol. The minimum Gasteiger partial charge on any atom is -0.462 e. The van der Waals surface area contributed by atoms with E-state index in [1.165, 1.54) is 29.6 Å². The van der Waals surface area contributed by atoms with E-state index in [1.807, 2.05) is 64.0 Å². The molecule has 4 aromatic rings. The summed E-state index contributed by atoms with van der Waals surface area (Å²) in [7, 11) is 0. The van der Waals surface area contributed by atoms with Crippen molar-refractivity contribution in [1.29, 1.82) is 0 Å². The molecule has 6 nitrogen and oxygen atoms in total. The Labute approximate surface area is 246 Å². The number of nitrogens with one attached hydrogen (secondary N) is 1. The number of hydrazone groups is 1. The lowest BCUT2D eigenvalue weighted by molar-refractivity contribution is -0.553. The van der Waals surface area contributed by atoms with Crippen molar-refractivity contribution < 1.29 is 31.5 Å². The molecular weight excluding hydrogens is 563 g/mol. The van der Waals surface area contributed by atoms with Crippen LogP contribution in [0.1, 0.15) is 44.9 Å². The van der Waals surface area contributed by atoms with Gasteiger partial charge >= 0.3 is 12.1 Å². The van der Waals surface area contributed by atoms with Crippen molar-refractivity contribution >= 4 is 24.1 Å². The lowest BCUT2D eigenvalue weighted by Crippen LogP contribution is -2.38. The molecule has 216 valence electrons. The van der Waals surface area contributed by atoms with E-state index in [2.05, 4.69) is 17.6 Å². The van der Waals surface area contributed by atoms with Gasteiger partial charge in [-0.1, -0.05) is 59.7 Å². The number of rotatable bonds is 9. The third kappa shape index (κ3) is 7.51. The van der Waals surface area contributed by atoms with Crippen molar-refractivity contribution in [3.8, 4) is 11.5 Å². The second-order valence-electron chi connectivity index (χ2n) is 9.45. The highest BCUT2D eigenvalue weighted by Crippen LogP contribution is 2.37. The largest absolute Gasteiger partial charge is 0.462 e. The first kappa shape index (κ1) is 29.2. The second-order valence-corrected chi connectivity index (χ2v) is 10.5. The first-order valence-electron chi connectivity index (χ1n) is 13.4. The molecule has 0 bridgehead atoms. The number of benzene rings is 4. The van der Waals surface area contributed by atoms with Crippen LogP contribution in [-0.4, -0.2) is 34.5 Å². The fraction of sp³-hybridized carbons (Fsp3) is 0.188. The summed E-state index contributed by atoms with van der Waals surface area (Å²) in [5, 5.41) is 1.79. The van der Waals surface area contributed by atoms with Crippen LogP contribution < -0.4 is 10.2 Å². The van der Waals surface area contributed by atoms with Crippen LogP contribution in [0.2, 0.25) is 0 Å². The lowest BCUT2D eigenvalue weighted by atomic mass is 10.1. The van der Waals surface area contributed by atoms with E-state index in [4.69, 9.17) is 9.47 Å². The summed E-state index contributed by atoms with van der Waals surface area (Å²) >= 11 is 1.52. The zero-order valence-electron chi connectivity index (χ0n) is 22.8. The number of alkyl halides is 3. The van der Waals surface area contributed by atoms with Gasteiger partial charge in [-0.15, -0.1) is 0 Å². The van der Waals surface area contributed by atoms with Gasteiger partial charge in [-0.2, -0.15) is 18.6 Å². The molecular formula is C32H29F3N3O3S+. The van der Waals surface area contributed by atoms with Gasteiger partial charge in [-0.3, -0.25) is 0 Å². The van der Waals surface area contributed by atoms with E-state index < -0.39 is 11.7 Å². The van der Waals surface area contributed by atoms with Crippen LogP contribution in [0.3, 0.4) is 0 Å². The number of hydrogen-bond acceptors (Lipinski definition) is 6. The second kappa shape index (κ2) is 13.1. The molecule has 1 aliphatic rings. The minimum absolute atomic E-state index is 0.106. The van der Waals surface area contributed by atoms with Gasteiger partial charge in [-0.25, -0.2) is 4.79 Å². The third-order valence-corrected chi connectivity index (χ3v) is 7.49. The molecule has 0 saturated carbocycles. The van der Waals surface area contributed by atoms with Crippen molar-refractivity contribution in [2.75, 3.05) is 13.2 Å². The van der Waals surface area contributed by atoms with Gasteiger partial charge in [0, 0.05) is 5.56 Å². The number of esters is 1. The van der Waals surface area contributed by atoms with Gasteiger partial charge in [0.2, 0.25) is 18.2 Å². The molecule has 10 heteroatoms. The Balaban J connectivity index is 1.38. The summed E-state index contributed by atoms with van der Waals surface area (Å²) in [6.07, 6.45) is -1.73. The Kier molecular flexibility index (Phi) is 9.14. The number of nitrogens with zero attached hydrogens (tertiary/aromatic N) is 2. The van der Waals surface area contributed by atoms with Gasteiger partial charge in [0.1, 0.15) is 11.5 Å². The maximum absolute atomic E-state index is 13.2. The average molecular weight is 593 g/mol. The molecule has 0 aliphatic carbocycles. The van der Waals surface area contributed by atoms with Gasteiger partial charge in [0.15, 0.2) is 5.37 Å². The number of carbonyl (C=O) groups is 1. The Hall–Kier alpha value is -4.28. The topological polar surface area (TPSA) is 53.8 Å². The highest BCUT2D eigenvalue weighted by Gasteiger charge is 2.37. The van der Waals surface area contributed by atoms with Crippen molar-refractivity contribution in [2.24, 2.45) is 0 Å². The molecule has 1 fully saturated rings. The summed E-state index contributed by atoms with van der Waals surface area (Å²) in [4.78, 5) is 12.3. The van der Waals surface area contributed by atoms with Crippen molar-refractivity contribution in [1.82, 2.24) is 10.5 Å². The summed E-state index contributed by atoms with van der Waals surface area (Å²) in [6, 6.07) is 29.5. The monoisotopic (exact) mass is 592 g/mol. The molecule has 0 radical (unpaired) electrons. The molecule has 0 spiro atoms. The lowest BCUT2D eigenvalue weighted by Gasteiger charge is -2.13.